The second-order valence-corrected chi connectivity index (χ2v) is 4.29. The zero-order chi connectivity index (χ0) is 14.4. The molecule has 1 atom stereocenters. The number of hydrogen-bond donors (Lipinski definition) is 2. The maximum atomic E-state index is 12.6. The van der Waals surface area contributed by atoms with Gasteiger partial charge in [0.05, 0.1) is 0 Å². The predicted octanol–water partition coefficient (Wildman–Crippen LogP) is 2.48. The Morgan fingerprint density at radius 1 is 1.17 bits per heavy atom. The molecule has 18 heavy (non-hydrogen) atoms. The molecule has 4 nitrogen and oxygen atoms in total. The summed E-state index contributed by atoms with van der Waals surface area (Å²) in [6, 6.07) is 0. The zero-order valence-electron chi connectivity index (χ0n) is 10.4. The first-order valence-corrected chi connectivity index (χ1v) is 5.76. The number of aliphatic carboxylic acids is 1. The third-order valence-corrected chi connectivity index (χ3v) is 2.64. The highest BCUT2D eigenvalue weighted by molar-refractivity contribution is 5.87. The lowest BCUT2D eigenvalue weighted by atomic mass is 10.0. The van der Waals surface area contributed by atoms with E-state index in [2.05, 4.69) is 0 Å². The summed E-state index contributed by atoms with van der Waals surface area (Å²) < 4.78 is 37.7. The molecule has 0 saturated carbocycles. The van der Waals surface area contributed by atoms with Crippen LogP contribution in [-0.4, -0.2) is 28.7 Å². The molecule has 0 radical (unpaired) electrons. The third-order valence-electron chi connectivity index (χ3n) is 2.64. The van der Waals surface area contributed by atoms with E-state index in [0.717, 1.165) is 19.3 Å². The second-order valence-electron chi connectivity index (χ2n) is 4.29. The highest BCUT2D eigenvalue weighted by Crippen LogP contribution is 2.30. The lowest BCUT2D eigenvalue weighted by Crippen LogP contribution is -2.61. The van der Waals surface area contributed by atoms with Crippen molar-refractivity contribution in [3.05, 3.63) is 0 Å². The second kappa shape index (κ2) is 6.61. The zero-order valence-corrected chi connectivity index (χ0v) is 10.4. The van der Waals surface area contributed by atoms with E-state index in [9.17, 15) is 22.8 Å². The lowest BCUT2D eigenvalue weighted by Gasteiger charge is -2.28. The van der Waals surface area contributed by atoms with Crippen LogP contribution in [0.4, 0.5) is 13.2 Å². The summed E-state index contributed by atoms with van der Waals surface area (Å²) in [6.45, 7) is 2.41. The Bertz CT molecular complexity index is 304. The number of unbranched alkanes of at least 4 members (excludes halogenated alkanes) is 3. The summed E-state index contributed by atoms with van der Waals surface area (Å²) in [5, 5.41) is 10.1. The molecule has 7 heteroatoms. The number of hydrogen-bond acceptors (Lipinski definition) is 2. The molecule has 0 spiro atoms. The van der Waals surface area contributed by atoms with Crippen LogP contribution in [0.1, 0.15) is 46.0 Å². The number of nitrogens with one attached hydrogen (secondary N) is 1. The van der Waals surface area contributed by atoms with Gasteiger partial charge in [0.2, 0.25) is 11.4 Å². The van der Waals surface area contributed by atoms with Crippen LogP contribution in [-0.2, 0) is 9.59 Å². The largest absolute Gasteiger partial charge is 0.479 e. The summed E-state index contributed by atoms with van der Waals surface area (Å²) in [6.07, 6.45) is -2.11. The van der Waals surface area contributed by atoms with E-state index in [-0.39, 0.29) is 6.42 Å². The fourth-order valence-electron chi connectivity index (χ4n) is 1.30. The summed E-state index contributed by atoms with van der Waals surface area (Å²) in [5.74, 6) is -3.01. The molecule has 0 aliphatic heterocycles. The van der Waals surface area contributed by atoms with Gasteiger partial charge >= 0.3 is 12.1 Å². The molecule has 106 valence electrons. The Balaban J connectivity index is 4.44. The molecule has 0 saturated heterocycles. The number of carboxylic acids is 1. The van der Waals surface area contributed by atoms with Gasteiger partial charge in [0.1, 0.15) is 0 Å². The molecule has 0 aromatic carbocycles. The van der Waals surface area contributed by atoms with Gasteiger partial charge in [-0.05, 0) is 13.3 Å². The molecular formula is C11H18F3NO3. The maximum Gasteiger partial charge on any atom is 0.422 e. The van der Waals surface area contributed by atoms with Crippen molar-refractivity contribution in [1.29, 1.82) is 0 Å². The fourth-order valence-corrected chi connectivity index (χ4v) is 1.30. The molecule has 0 aliphatic rings. The van der Waals surface area contributed by atoms with Gasteiger partial charge in [-0.2, -0.15) is 13.2 Å². The van der Waals surface area contributed by atoms with E-state index in [4.69, 9.17) is 5.11 Å². The van der Waals surface area contributed by atoms with E-state index in [1.54, 1.807) is 5.32 Å². The fraction of sp³-hybridized carbons (Fsp3) is 0.818. The number of carbonyl (C=O) groups is 2. The number of carboxylic acid groups (broad SMARTS) is 1. The van der Waals surface area contributed by atoms with Crippen LogP contribution in [0.2, 0.25) is 0 Å². The molecule has 0 aliphatic carbocycles. The molecule has 1 amide bonds. The minimum Gasteiger partial charge on any atom is -0.479 e. The molecule has 0 fully saturated rings. The Kier molecular flexibility index (Phi) is 6.14. The van der Waals surface area contributed by atoms with Gasteiger partial charge in [-0.1, -0.05) is 26.2 Å². The van der Waals surface area contributed by atoms with Gasteiger partial charge < -0.3 is 10.4 Å². The molecule has 0 aromatic rings. The van der Waals surface area contributed by atoms with Crippen molar-refractivity contribution in [2.75, 3.05) is 0 Å². The standard InChI is InChI=1S/C11H18F3NO3/c1-3-4-5-6-7-8(16)15-10(2,9(17)18)11(12,13)14/h3-7H2,1-2H3,(H,15,16)(H,17,18). The van der Waals surface area contributed by atoms with Crippen LogP contribution in [0.15, 0.2) is 0 Å². The van der Waals surface area contributed by atoms with E-state index in [1.807, 2.05) is 6.92 Å². The molecular weight excluding hydrogens is 251 g/mol. The van der Waals surface area contributed by atoms with Crippen LogP contribution >= 0.6 is 0 Å². The minimum atomic E-state index is -5.03. The highest BCUT2D eigenvalue weighted by Gasteiger charge is 2.58. The SMILES string of the molecule is CCCCCCC(=O)NC(C)(C(=O)O)C(F)(F)F. The number of halogens is 3. The quantitative estimate of drug-likeness (QED) is 0.698. The average Bonchev–Trinajstić information content (AvgIpc) is 2.22. The maximum absolute atomic E-state index is 12.6. The van der Waals surface area contributed by atoms with Crippen molar-refractivity contribution >= 4 is 11.9 Å². The van der Waals surface area contributed by atoms with Crippen molar-refractivity contribution in [2.45, 2.75) is 57.7 Å². The molecule has 0 heterocycles. The molecule has 0 bridgehead atoms. The van der Waals surface area contributed by atoms with Gasteiger partial charge in [-0.25, -0.2) is 4.79 Å². The van der Waals surface area contributed by atoms with E-state index in [1.165, 1.54) is 0 Å². The van der Waals surface area contributed by atoms with Crippen LogP contribution < -0.4 is 5.32 Å². The normalized spacial score (nSPS) is 14.9. The summed E-state index contributed by atoms with van der Waals surface area (Å²) >= 11 is 0. The number of alkyl halides is 3. The van der Waals surface area contributed by atoms with Crippen LogP contribution in [0.5, 0.6) is 0 Å². The van der Waals surface area contributed by atoms with E-state index < -0.39 is 23.6 Å². The highest BCUT2D eigenvalue weighted by atomic mass is 19.4. The minimum absolute atomic E-state index is 0.0983. The lowest BCUT2D eigenvalue weighted by molar-refractivity contribution is -0.207. The number of carbonyl (C=O) groups excluding carboxylic acids is 1. The number of rotatable bonds is 7. The Morgan fingerprint density at radius 3 is 2.11 bits per heavy atom. The molecule has 2 N–H and O–H groups in total. The van der Waals surface area contributed by atoms with E-state index >= 15 is 0 Å². The van der Waals surface area contributed by atoms with Crippen molar-refractivity contribution in [1.82, 2.24) is 5.32 Å². The first-order valence-electron chi connectivity index (χ1n) is 5.76. The monoisotopic (exact) mass is 269 g/mol. The van der Waals surface area contributed by atoms with Crippen molar-refractivity contribution in [3.63, 3.8) is 0 Å². The van der Waals surface area contributed by atoms with Crippen LogP contribution in [0, 0.1) is 0 Å². The molecule has 1 unspecified atom stereocenters. The summed E-state index contributed by atoms with van der Waals surface area (Å²) in [4.78, 5) is 21.9. The molecule has 0 aromatic heterocycles. The Labute approximate surface area is 104 Å². The summed E-state index contributed by atoms with van der Waals surface area (Å²) in [5.41, 5.74) is -3.23. The Hall–Kier alpha value is -1.27. The third kappa shape index (κ3) is 4.54. The Morgan fingerprint density at radius 2 is 1.72 bits per heavy atom. The first kappa shape index (κ1) is 16.7. The average molecular weight is 269 g/mol. The van der Waals surface area contributed by atoms with Crippen molar-refractivity contribution < 1.29 is 27.9 Å². The summed E-state index contributed by atoms with van der Waals surface area (Å²) in [7, 11) is 0. The van der Waals surface area contributed by atoms with Crippen LogP contribution in [0.3, 0.4) is 0 Å². The number of amides is 1. The van der Waals surface area contributed by atoms with E-state index in [0.29, 0.717) is 13.3 Å². The predicted molar refractivity (Wildman–Crippen MR) is 59.0 cm³/mol. The van der Waals surface area contributed by atoms with Gasteiger partial charge in [0.25, 0.3) is 0 Å². The van der Waals surface area contributed by atoms with Gasteiger partial charge in [0.15, 0.2) is 0 Å². The van der Waals surface area contributed by atoms with Gasteiger partial charge in [-0.3, -0.25) is 4.79 Å². The smallest absolute Gasteiger partial charge is 0.422 e. The van der Waals surface area contributed by atoms with Gasteiger partial charge in [-0.15, -0.1) is 0 Å². The van der Waals surface area contributed by atoms with Gasteiger partial charge in [0, 0.05) is 6.42 Å². The van der Waals surface area contributed by atoms with Crippen LogP contribution in [0.25, 0.3) is 0 Å². The first-order chi connectivity index (χ1) is 8.15. The molecule has 0 rings (SSSR count). The van der Waals surface area contributed by atoms with Crippen molar-refractivity contribution in [2.24, 2.45) is 0 Å². The topological polar surface area (TPSA) is 66.4 Å². The van der Waals surface area contributed by atoms with Crippen molar-refractivity contribution in [3.8, 4) is 0 Å².